The average molecular weight is 297 g/mol. The Bertz CT molecular complexity index is 634. The van der Waals surface area contributed by atoms with Crippen LogP contribution < -0.4 is 10.2 Å². The van der Waals surface area contributed by atoms with E-state index in [0.717, 1.165) is 0 Å². The highest BCUT2D eigenvalue weighted by molar-refractivity contribution is 5.82. The number of aliphatic hydroxyl groups excluding tert-OH is 3. The molecule has 1 fully saturated rings. The van der Waals surface area contributed by atoms with Gasteiger partial charge in [0, 0.05) is 7.05 Å². The fourth-order valence-electron chi connectivity index (χ4n) is 2.14. The van der Waals surface area contributed by atoms with Crippen LogP contribution in [0, 0.1) is 0 Å². The standard InChI is InChI=1S/C11H15N5O5/c1-12-9-6-10(14-3-13-9)16(4-15-6)21-11-8(19)7(18)5(2-17)20-11/h3-5,7-8,11,17-19H,2H2,1H3,(H,12,13,14)/t5-,7-,8-,11-/m1/s1. The Balaban J connectivity index is 1.86. The molecule has 10 heteroatoms. The first kappa shape index (κ1) is 13.9. The highest BCUT2D eigenvalue weighted by atomic mass is 16.8. The molecule has 4 atom stereocenters. The average Bonchev–Trinajstić information content (AvgIpc) is 3.03. The van der Waals surface area contributed by atoms with E-state index < -0.39 is 31.2 Å². The van der Waals surface area contributed by atoms with Gasteiger partial charge in [0.25, 0.3) is 6.29 Å². The molecule has 1 aliphatic rings. The molecule has 0 aliphatic carbocycles. The van der Waals surface area contributed by atoms with Crippen molar-refractivity contribution in [1.29, 1.82) is 0 Å². The van der Waals surface area contributed by atoms with E-state index in [2.05, 4.69) is 20.3 Å². The molecule has 0 bridgehead atoms. The number of nitrogens with one attached hydrogen (secondary N) is 1. The molecule has 0 unspecified atom stereocenters. The van der Waals surface area contributed by atoms with E-state index in [4.69, 9.17) is 14.7 Å². The summed E-state index contributed by atoms with van der Waals surface area (Å²) in [4.78, 5) is 17.6. The molecule has 3 rings (SSSR count). The highest BCUT2D eigenvalue weighted by Crippen LogP contribution is 2.22. The maximum Gasteiger partial charge on any atom is 0.254 e. The predicted molar refractivity (Wildman–Crippen MR) is 69.2 cm³/mol. The van der Waals surface area contributed by atoms with Crippen LogP contribution in [0.5, 0.6) is 0 Å². The summed E-state index contributed by atoms with van der Waals surface area (Å²) in [7, 11) is 1.70. The van der Waals surface area contributed by atoms with E-state index in [9.17, 15) is 10.2 Å². The smallest absolute Gasteiger partial charge is 0.254 e. The molecule has 0 amide bonds. The molecule has 1 saturated heterocycles. The van der Waals surface area contributed by atoms with Gasteiger partial charge >= 0.3 is 0 Å². The maximum absolute atomic E-state index is 9.84. The van der Waals surface area contributed by atoms with Crippen molar-refractivity contribution in [3.05, 3.63) is 12.7 Å². The molecule has 21 heavy (non-hydrogen) atoms. The van der Waals surface area contributed by atoms with Crippen LogP contribution in [0.4, 0.5) is 5.82 Å². The number of aromatic nitrogens is 4. The van der Waals surface area contributed by atoms with Crippen molar-refractivity contribution in [1.82, 2.24) is 19.7 Å². The van der Waals surface area contributed by atoms with Crippen molar-refractivity contribution in [2.45, 2.75) is 24.6 Å². The molecule has 0 radical (unpaired) electrons. The number of rotatable bonds is 4. The number of nitrogens with zero attached hydrogens (tertiary/aromatic N) is 4. The molecule has 0 spiro atoms. The summed E-state index contributed by atoms with van der Waals surface area (Å²) in [5, 5.41) is 31.4. The minimum atomic E-state index is -1.29. The fourth-order valence-corrected chi connectivity index (χ4v) is 2.14. The molecule has 10 nitrogen and oxygen atoms in total. The summed E-state index contributed by atoms with van der Waals surface area (Å²) < 4.78 is 6.45. The number of fused-ring (bicyclic) bond motifs is 1. The summed E-state index contributed by atoms with van der Waals surface area (Å²) in [6.07, 6.45) is -1.85. The third-order valence-electron chi connectivity index (χ3n) is 3.26. The first-order valence-electron chi connectivity index (χ1n) is 6.31. The van der Waals surface area contributed by atoms with Crippen molar-refractivity contribution < 1.29 is 24.9 Å². The van der Waals surface area contributed by atoms with E-state index in [1.807, 2.05) is 0 Å². The normalized spacial score (nSPS) is 29.0. The van der Waals surface area contributed by atoms with Gasteiger partial charge in [0.15, 0.2) is 11.3 Å². The van der Waals surface area contributed by atoms with Gasteiger partial charge in [0.1, 0.15) is 31.0 Å². The van der Waals surface area contributed by atoms with Crippen LogP contribution in [0.1, 0.15) is 0 Å². The van der Waals surface area contributed by atoms with Crippen LogP contribution in [0.3, 0.4) is 0 Å². The zero-order valence-corrected chi connectivity index (χ0v) is 11.1. The van der Waals surface area contributed by atoms with Crippen molar-refractivity contribution in [3.8, 4) is 0 Å². The largest absolute Gasteiger partial charge is 0.394 e. The topological polar surface area (TPSA) is 135 Å². The highest BCUT2D eigenvalue weighted by Gasteiger charge is 2.44. The summed E-state index contributed by atoms with van der Waals surface area (Å²) in [6.45, 7) is -0.422. The molecular weight excluding hydrogens is 282 g/mol. The Morgan fingerprint density at radius 3 is 2.81 bits per heavy atom. The predicted octanol–water partition coefficient (Wildman–Crippen LogP) is -2.26. The Hall–Kier alpha value is -2.01. The minimum absolute atomic E-state index is 0.382. The molecule has 114 valence electrons. The van der Waals surface area contributed by atoms with Crippen LogP contribution >= 0.6 is 0 Å². The molecule has 2 aromatic rings. The van der Waals surface area contributed by atoms with Crippen molar-refractivity contribution in [2.75, 3.05) is 19.0 Å². The second kappa shape index (κ2) is 5.41. The Kier molecular flexibility index (Phi) is 3.59. The van der Waals surface area contributed by atoms with Crippen LogP contribution in [0.15, 0.2) is 12.7 Å². The number of hydrogen-bond donors (Lipinski definition) is 4. The lowest BCUT2D eigenvalue weighted by atomic mass is 10.1. The first-order chi connectivity index (χ1) is 10.2. The summed E-state index contributed by atoms with van der Waals surface area (Å²) in [5.74, 6) is 0.531. The van der Waals surface area contributed by atoms with Gasteiger partial charge in [-0.1, -0.05) is 0 Å². The Morgan fingerprint density at radius 1 is 1.33 bits per heavy atom. The molecule has 1 aliphatic heterocycles. The van der Waals surface area contributed by atoms with Gasteiger partial charge in [-0.25, -0.2) is 15.0 Å². The van der Waals surface area contributed by atoms with Crippen molar-refractivity contribution in [3.63, 3.8) is 0 Å². The van der Waals surface area contributed by atoms with Gasteiger partial charge in [-0.2, -0.15) is 0 Å². The lowest BCUT2D eigenvalue weighted by molar-refractivity contribution is -0.169. The molecule has 0 saturated carbocycles. The number of ether oxygens (including phenoxy) is 1. The van der Waals surface area contributed by atoms with Crippen molar-refractivity contribution in [2.24, 2.45) is 0 Å². The molecular formula is C11H15N5O5. The second-order valence-electron chi connectivity index (χ2n) is 4.53. The number of imidazole rings is 1. The third-order valence-corrected chi connectivity index (χ3v) is 3.26. The van der Waals surface area contributed by atoms with Gasteiger partial charge in [0.05, 0.1) is 6.61 Å². The van der Waals surface area contributed by atoms with Gasteiger partial charge in [-0.05, 0) is 0 Å². The second-order valence-corrected chi connectivity index (χ2v) is 4.53. The number of hydrogen-bond acceptors (Lipinski definition) is 9. The molecule has 3 heterocycles. The van der Waals surface area contributed by atoms with E-state index in [0.29, 0.717) is 17.0 Å². The van der Waals surface area contributed by atoms with E-state index in [-0.39, 0.29) is 0 Å². The lowest BCUT2D eigenvalue weighted by Crippen LogP contribution is -2.38. The molecule has 2 aromatic heterocycles. The van der Waals surface area contributed by atoms with E-state index in [1.165, 1.54) is 17.4 Å². The zero-order valence-electron chi connectivity index (χ0n) is 11.1. The van der Waals surface area contributed by atoms with E-state index >= 15 is 0 Å². The lowest BCUT2D eigenvalue weighted by Gasteiger charge is -2.16. The summed E-state index contributed by atoms with van der Waals surface area (Å²) >= 11 is 0. The molecule has 4 N–H and O–H groups in total. The maximum atomic E-state index is 9.84. The van der Waals surface area contributed by atoms with Gasteiger partial charge in [-0.15, -0.1) is 4.73 Å². The quantitative estimate of drug-likeness (QED) is 0.493. The number of anilines is 1. The Morgan fingerprint density at radius 2 is 2.14 bits per heavy atom. The minimum Gasteiger partial charge on any atom is -0.394 e. The van der Waals surface area contributed by atoms with Gasteiger partial charge in [0.2, 0.25) is 5.65 Å². The zero-order chi connectivity index (χ0) is 15.0. The first-order valence-corrected chi connectivity index (χ1v) is 6.31. The SMILES string of the molecule is CNc1ncnc2c1ncn2O[C@H]1O[C@H](CO)[C@@H](O)[C@H]1O. The Labute approximate surface area is 118 Å². The molecule has 0 aromatic carbocycles. The van der Waals surface area contributed by atoms with Crippen LogP contribution in [0.2, 0.25) is 0 Å². The van der Waals surface area contributed by atoms with Gasteiger partial charge in [-0.3, -0.25) is 0 Å². The van der Waals surface area contributed by atoms with Crippen LogP contribution in [0.25, 0.3) is 11.2 Å². The van der Waals surface area contributed by atoms with Crippen LogP contribution in [-0.2, 0) is 4.74 Å². The van der Waals surface area contributed by atoms with Crippen molar-refractivity contribution >= 4 is 17.0 Å². The summed E-state index contributed by atoms with van der Waals surface area (Å²) in [6, 6.07) is 0. The fraction of sp³-hybridized carbons (Fsp3) is 0.545. The monoisotopic (exact) mass is 297 g/mol. The third kappa shape index (κ3) is 2.27. The van der Waals surface area contributed by atoms with Gasteiger partial charge < -0.3 is 30.2 Å². The number of aliphatic hydroxyl groups is 3. The van der Waals surface area contributed by atoms with Crippen LogP contribution in [-0.4, -0.2) is 73.3 Å². The van der Waals surface area contributed by atoms with E-state index in [1.54, 1.807) is 7.05 Å². The summed E-state index contributed by atoms with van der Waals surface area (Å²) in [5.41, 5.74) is 0.874.